The molecular weight excluding hydrogens is 286 g/mol. The molecule has 7 heteroatoms. The van der Waals surface area contributed by atoms with E-state index in [9.17, 15) is 0 Å². The molecule has 0 radical (unpaired) electrons. The van der Waals surface area contributed by atoms with E-state index in [4.69, 9.17) is 4.52 Å². The summed E-state index contributed by atoms with van der Waals surface area (Å²) in [6.07, 6.45) is 1.01. The molecular formula is C14H21N5OS. The highest BCUT2D eigenvalue weighted by atomic mass is 32.1. The van der Waals surface area contributed by atoms with Gasteiger partial charge in [0.25, 0.3) is 0 Å². The van der Waals surface area contributed by atoms with Crippen LogP contribution < -0.4 is 5.32 Å². The second kappa shape index (κ2) is 7.78. The van der Waals surface area contributed by atoms with E-state index in [0.717, 1.165) is 25.5 Å². The summed E-state index contributed by atoms with van der Waals surface area (Å²) in [5.74, 6) is 2.02. The molecule has 21 heavy (non-hydrogen) atoms. The maximum Gasteiger partial charge on any atom is 0.248 e. The first-order valence-electron chi connectivity index (χ1n) is 7.00. The van der Waals surface area contributed by atoms with Gasteiger partial charge >= 0.3 is 0 Å². The van der Waals surface area contributed by atoms with Gasteiger partial charge in [-0.25, -0.2) is 4.99 Å². The quantitative estimate of drug-likeness (QED) is 0.654. The first kappa shape index (κ1) is 15.5. The van der Waals surface area contributed by atoms with Gasteiger partial charge in [-0.2, -0.15) is 4.98 Å². The van der Waals surface area contributed by atoms with Crippen LogP contribution in [0.2, 0.25) is 0 Å². The molecule has 2 heterocycles. The van der Waals surface area contributed by atoms with E-state index in [-0.39, 0.29) is 0 Å². The number of nitrogens with one attached hydrogen (secondary N) is 1. The van der Waals surface area contributed by atoms with Gasteiger partial charge in [0.05, 0.1) is 0 Å². The Morgan fingerprint density at radius 3 is 3.00 bits per heavy atom. The number of likely N-dealkylation sites (N-methyl/N-ethyl adjacent to an activating group) is 1. The molecule has 0 spiro atoms. The van der Waals surface area contributed by atoms with E-state index in [1.54, 1.807) is 18.3 Å². The SMILES string of the molecule is CCNC(=NCc1nc(C)no1)N(C)CCc1cccs1. The average Bonchev–Trinajstić information content (AvgIpc) is 3.12. The Morgan fingerprint density at radius 1 is 1.52 bits per heavy atom. The summed E-state index contributed by atoms with van der Waals surface area (Å²) in [5, 5.41) is 9.15. The van der Waals surface area contributed by atoms with Crippen LogP contribution in [0.4, 0.5) is 0 Å². The molecule has 0 atom stereocenters. The number of guanidine groups is 1. The predicted molar refractivity (Wildman–Crippen MR) is 84.5 cm³/mol. The standard InChI is InChI=1S/C14H21N5OS/c1-4-15-14(16-10-13-17-11(2)18-20-13)19(3)8-7-12-6-5-9-21-12/h5-6,9H,4,7-8,10H2,1-3H3,(H,15,16). The third-order valence-corrected chi connectivity index (χ3v) is 3.84. The summed E-state index contributed by atoms with van der Waals surface area (Å²) in [4.78, 5) is 12.2. The van der Waals surface area contributed by atoms with E-state index in [1.807, 2.05) is 7.05 Å². The van der Waals surface area contributed by atoms with Gasteiger partial charge in [0, 0.05) is 25.0 Å². The normalized spacial score (nSPS) is 11.7. The highest BCUT2D eigenvalue weighted by molar-refractivity contribution is 7.09. The van der Waals surface area contributed by atoms with Gasteiger partial charge in [-0.15, -0.1) is 11.3 Å². The van der Waals surface area contributed by atoms with Crippen LogP contribution in [-0.4, -0.2) is 41.1 Å². The number of aromatic nitrogens is 2. The molecule has 6 nitrogen and oxygen atoms in total. The zero-order valence-electron chi connectivity index (χ0n) is 12.7. The molecule has 0 bridgehead atoms. The lowest BCUT2D eigenvalue weighted by atomic mass is 10.3. The van der Waals surface area contributed by atoms with E-state index < -0.39 is 0 Å². The summed E-state index contributed by atoms with van der Waals surface area (Å²) < 4.78 is 5.08. The van der Waals surface area contributed by atoms with Crippen LogP contribution in [-0.2, 0) is 13.0 Å². The lowest BCUT2D eigenvalue weighted by molar-refractivity contribution is 0.375. The van der Waals surface area contributed by atoms with Crippen molar-refractivity contribution in [1.82, 2.24) is 20.4 Å². The number of rotatable bonds is 6. The fourth-order valence-corrected chi connectivity index (χ4v) is 2.55. The molecule has 1 N–H and O–H groups in total. The Kier molecular flexibility index (Phi) is 5.74. The summed E-state index contributed by atoms with van der Waals surface area (Å²) in [6.45, 7) is 5.99. The molecule has 0 saturated heterocycles. The van der Waals surface area contributed by atoms with Crippen LogP contribution in [0.25, 0.3) is 0 Å². The van der Waals surface area contributed by atoms with Crippen molar-refractivity contribution in [3.63, 3.8) is 0 Å². The van der Waals surface area contributed by atoms with E-state index in [2.05, 4.69) is 49.8 Å². The highest BCUT2D eigenvalue weighted by Gasteiger charge is 2.08. The van der Waals surface area contributed by atoms with Crippen LogP contribution in [0.1, 0.15) is 23.5 Å². The van der Waals surface area contributed by atoms with Crippen molar-refractivity contribution in [3.8, 4) is 0 Å². The van der Waals surface area contributed by atoms with Crippen LogP contribution >= 0.6 is 11.3 Å². The molecule has 0 aliphatic heterocycles. The molecule has 0 fully saturated rings. The van der Waals surface area contributed by atoms with Gasteiger partial charge in [-0.1, -0.05) is 11.2 Å². The zero-order chi connectivity index (χ0) is 15.1. The predicted octanol–water partition coefficient (Wildman–Crippen LogP) is 2.08. The number of hydrogen-bond acceptors (Lipinski definition) is 5. The molecule has 2 aromatic heterocycles. The van der Waals surface area contributed by atoms with Gasteiger partial charge in [0.1, 0.15) is 6.54 Å². The third kappa shape index (κ3) is 4.86. The minimum absolute atomic E-state index is 0.395. The van der Waals surface area contributed by atoms with Crippen molar-refractivity contribution >= 4 is 17.3 Å². The van der Waals surface area contributed by atoms with Gasteiger partial charge in [0.15, 0.2) is 11.8 Å². The fourth-order valence-electron chi connectivity index (χ4n) is 1.86. The second-order valence-corrected chi connectivity index (χ2v) is 5.69. The van der Waals surface area contributed by atoms with E-state index in [1.165, 1.54) is 4.88 Å². The van der Waals surface area contributed by atoms with Gasteiger partial charge in [0.2, 0.25) is 5.89 Å². The second-order valence-electron chi connectivity index (χ2n) is 4.66. The Hall–Kier alpha value is -1.89. The molecule has 0 aliphatic rings. The van der Waals surface area contributed by atoms with Crippen molar-refractivity contribution in [2.75, 3.05) is 20.1 Å². The molecule has 0 aromatic carbocycles. The summed E-state index contributed by atoms with van der Waals surface area (Å²) in [5.41, 5.74) is 0. The largest absolute Gasteiger partial charge is 0.357 e. The van der Waals surface area contributed by atoms with Crippen molar-refractivity contribution in [2.45, 2.75) is 26.8 Å². The topological polar surface area (TPSA) is 66.5 Å². The molecule has 0 aliphatic carbocycles. The summed E-state index contributed by atoms with van der Waals surface area (Å²) >= 11 is 1.78. The van der Waals surface area contributed by atoms with Crippen LogP contribution in [0, 0.1) is 6.92 Å². The zero-order valence-corrected chi connectivity index (χ0v) is 13.5. The molecule has 114 valence electrons. The smallest absolute Gasteiger partial charge is 0.248 e. The fraction of sp³-hybridized carbons (Fsp3) is 0.500. The Labute approximate surface area is 128 Å². The van der Waals surface area contributed by atoms with Gasteiger partial charge < -0.3 is 14.7 Å². The maximum atomic E-state index is 5.08. The molecule has 0 saturated carbocycles. The molecule has 0 unspecified atom stereocenters. The minimum Gasteiger partial charge on any atom is -0.357 e. The monoisotopic (exact) mass is 307 g/mol. The Balaban J connectivity index is 1.92. The van der Waals surface area contributed by atoms with E-state index in [0.29, 0.717) is 18.3 Å². The minimum atomic E-state index is 0.395. The van der Waals surface area contributed by atoms with Gasteiger partial charge in [-0.05, 0) is 31.7 Å². The number of hydrogen-bond donors (Lipinski definition) is 1. The van der Waals surface area contributed by atoms with Crippen molar-refractivity contribution < 1.29 is 4.52 Å². The lowest BCUT2D eigenvalue weighted by Crippen LogP contribution is -2.39. The van der Waals surface area contributed by atoms with Crippen molar-refractivity contribution in [2.24, 2.45) is 4.99 Å². The number of aliphatic imine (C=N–C) groups is 1. The number of nitrogens with zero attached hydrogens (tertiary/aromatic N) is 4. The first-order chi connectivity index (χ1) is 10.2. The Morgan fingerprint density at radius 2 is 2.38 bits per heavy atom. The Bertz CT molecular complexity index is 564. The van der Waals surface area contributed by atoms with Crippen LogP contribution in [0.5, 0.6) is 0 Å². The number of aryl methyl sites for hydroxylation is 1. The van der Waals surface area contributed by atoms with Crippen LogP contribution in [0.3, 0.4) is 0 Å². The average molecular weight is 307 g/mol. The highest BCUT2D eigenvalue weighted by Crippen LogP contribution is 2.09. The lowest BCUT2D eigenvalue weighted by Gasteiger charge is -2.21. The van der Waals surface area contributed by atoms with Crippen LogP contribution in [0.15, 0.2) is 27.0 Å². The molecule has 2 aromatic rings. The van der Waals surface area contributed by atoms with Crippen molar-refractivity contribution in [1.29, 1.82) is 0 Å². The molecule has 0 amide bonds. The number of thiophene rings is 1. The van der Waals surface area contributed by atoms with Crippen molar-refractivity contribution in [3.05, 3.63) is 34.1 Å². The molecule has 2 rings (SSSR count). The summed E-state index contributed by atoms with van der Waals surface area (Å²) in [6, 6.07) is 4.24. The summed E-state index contributed by atoms with van der Waals surface area (Å²) in [7, 11) is 2.04. The first-order valence-corrected chi connectivity index (χ1v) is 7.88. The van der Waals surface area contributed by atoms with Gasteiger partial charge in [-0.3, -0.25) is 0 Å². The third-order valence-electron chi connectivity index (χ3n) is 2.90. The maximum absolute atomic E-state index is 5.08. The van der Waals surface area contributed by atoms with E-state index >= 15 is 0 Å².